The number of hydrogen-bond acceptors (Lipinski definition) is 5. The summed E-state index contributed by atoms with van der Waals surface area (Å²) in [6.07, 6.45) is -4.06. The van der Waals surface area contributed by atoms with Gasteiger partial charge >= 0.3 is 6.36 Å². The Kier molecular flexibility index (Phi) is 8.95. The lowest BCUT2D eigenvalue weighted by Crippen LogP contribution is -2.40. The Hall–Kier alpha value is -1.60. The molecular formula is C20H26F3IN4O2S. The molecule has 0 radical (unpaired) electrons. The van der Waals surface area contributed by atoms with Crippen LogP contribution >= 0.6 is 35.3 Å². The van der Waals surface area contributed by atoms with Crippen LogP contribution in [0.2, 0.25) is 0 Å². The third-order valence-corrected chi connectivity index (χ3v) is 5.95. The zero-order chi connectivity index (χ0) is 21.9. The second-order valence-corrected chi connectivity index (χ2v) is 8.03. The van der Waals surface area contributed by atoms with Crippen LogP contribution in [-0.4, -0.2) is 49.5 Å². The lowest BCUT2D eigenvalue weighted by atomic mass is 10.1. The van der Waals surface area contributed by atoms with E-state index in [1.807, 2.05) is 24.3 Å². The molecule has 2 aromatic rings. The predicted molar refractivity (Wildman–Crippen MR) is 125 cm³/mol. The van der Waals surface area contributed by atoms with Gasteiger partial charge in [0.15, 0.2) is 5.96 Å². The maximum absolute atomic E-state index is 12.7. The molecule has 0 saturated heterocycles. The van der Waals surface area contributed by atoms with Crippen molar-refractivity contribution in [2.24, 2.45) is 4.99 Å². The van der Waals surface area contributed by atoms with E-state index in [-0.39, 0.29) is 47.8 Å². The highest BCUT2D eigenvalue weighted by Gasteiger charge is 2.42. The van der Waals surface area contributed by atoms with Crippen LogP contribution in [0.3, 0.4) is 0 Å². The van der Waals surface area contributed by atoms with E-state index in [9.17, 15) is 13.2 Å². The average molecular weight is 570 g/mol. The summed E-state index contributed by atoms with van der Waals surface area (Å²) in [6, 6.07) is 6.27. The second kappa shape index (κ2) is 10.8. The molecule has 1 fully saturated rings. The van der Waals surface area contributed by atoms with Gasteiger partial charge in [-0.05, 0) is 25.0 Å². The number of para-hydroxylation sites is 1. The highest BCUT2D eigenvalue weighted by molar-refractivity contribution is 14.0. The van der Waals surface area contributed by atoms with Crippen molar-refractivity contribution in [3.05, 3.63) is 45.9 Å². The molecule has 1 aliphatic carbocycles. The summed E-state index contributed by atoms with van der Waals surface area (Å²) >= 11 is 1.54. The Bertz CT molecular complexity index is 893. The van der Waals surface area contributed by atoms with Crippen LogP contribution in [-0.2, 0) is 11.3 Å². The molecule has 6 nitrogen and oxygen atoms in total. The van der Waals surface area contributed by atoms with Crippen molar-refractivity contribution in [3.8, 4) is 5.75 Å². The Balaban J connectivity index is 0.00000341. The lowest BCUT2D eigenvalue weighted by molar-refractivity contribution is -0.274. The van der Waals surface area contributed by atoms with Gasteiger partial charge in [-0.25, -0.2) is 4.98 Å². The van der Waals surface area contributed by atoms with Crippen molar-refractivity contribution < 1.29 is 22.6 Å². The van der Waals surface area contributed by atoms with Crippen molar-refractivity contribution in [3.63, 3.8) is 0 Å². The van der Waals surface area contributed by atoms with E-state index in [0.29, 0.717) is 24.5 Å². The average Bonchev–Trinajstić information content (AvgIpc) is 3.30. The Morgan fingerprint density at radius 2 is 2.10 bits per heavy atom. The molecule has 1 saturated carbocycles. The fourth-order valence-electron chi connectivity index (χ4n) is 3.21. The fourth-order valence-corrected chi connectivity index (χ4v) is 4.06. The maximum atomic E-state index is 12.7. The van der Waals surface area contributed by atoms with Gasteiger partial charge in [-0.3, -0.25) is 4.99 Å². The van der Waals surface area contributed by atoms with Crippen molar-refractivity contribution in [2.75, 3.05) is 21.2 Å². The molecular weight excluding hydrogens is 544 g/mol. The zero-order valence-corrected chi connectivity index (χ0v) is 20.8. The molecule has 3 atom stereocenters. The summed E-state index contributed by atoms with van der Waals surface area (Å²) in [5.41, 5.74) is 1.45. The van der Waals surface area contributed by atoms with Crippen molar-refractivity contribution >= 4 is 41.3 Å². The van der Waals surface area contributed by atoms with Gasteiger partial charge in [0.05, 0.1) is 12.2 Å². The third kappa shape index (κ3) is 6.94. The predicted octanol–water partition coefficient (Wildman–Crippen LogP) is 4.93. The Labute approximate surface area is 200 Å². The lowest BCUT2D eigenvalue weighted by Gasteiger charge is -2.21. The fraction of sp³-hybridized carbons (Fsp3) is 0.500. The first-order valence-electron chi connectivity index (χ1n) is 9.48. The van der Waals surface area contributed by atoms with E-state index in [2.05, 4.69) is 20.0 Å². The van der Waals surface area contributed by atoms with E-state index in [4.69, 9.17) is 4.74 Å². The summed E-state index contributed by atoms with van der Waals surface area (Å²) in [5, 5.41) is 6.23. The van der Waals surface area contributed by atoms with Crippen LogP contribution in [0, 0.1) is 0 Å². The van der Waals surface area contributed by atoms with Gasteiger partial charge in [0.25, 0.3) is 0 Å². The van der Waals surface area contributed by atoms with Gasteiger partial charge in [0.1, 0.15) is 16.9 Å². The van der Waals surface area contributed by atoms with Gasteiger partial charge in [-0.1, -0.05) is 18.2 Å². The summed E-state index contributed by atoms with van der Waals surface area (Å²) in [7, 11) is 5.22. The standard InChI is InChI=1S/C20H25F3N4O2S.HI/c1-12(28-4)18-25-13(11-30-18)10-27(3)19(24-2)26-16-9-15(16)14-7-5-6-8-17(14)29-20(21,22)23;/h5-8,11-12,15-16H,9-10H2,1-4H3,(H,24,26);1H. The minimum absolute atomic E-state index is 0. The smallest absolute Gasteiger partial charge is 0.405 e. The number of benzene rings is 1. The minimum atomic E-state index is -4.71. The van der Waals surface area contributed by atoms with Gasteiger partial charge in [-0.2, -0.15) is 0 Å². The minimum Gasteiger partial charge on any atom is -0.405 e. The molecule has 0 bridgehead atoms. The van der Waals surface area contributed by atoms with E-state index in [0.717, 1.165) is 10.7 Å². The molecule has 3 rings (SSSR count). The quantitative estimate of drug-likeness (QED) is 0.291. The molecule has 1 aromatic carbocycles. The molecule has 0 amide bonds. The van der Waals surface area contributed by atoms with Crippen LogP contribution in [0.4, 0.5) is 13.2 Å². The number of hydrogen-bond donors (Lipinski definition) is 1. The molecule has 1 heterocycles. The number of alkyl halides is 3. The number of ether oxygens (including phenoxy) is 2. The number of aliphatic imine (C=N–C) groups is 1. The molecule has 1 N–H and O–H groups in total. The third-order valence-electron chi connectivity index (χ3n) is 4.89. The number of nitrogens with zero attached hydrogens (tertiary/aromatic N) is 3. The topological polar surface area (TPSA) is 59.0 Å². The number of halogens is 4. The first-order valence-corrected chi connectivity index (χ1v) is 10.4. The molecule has 0 aliphatic heterocycles. The van der Waals surface area contributed by atoms with Gasteiger partial charge in [0, 0.05) is 38.5 Å². The molecule has 11 heteroatoms. The summed E-state index contributed by atoms with van der Waals surface area (Å²) in [6.45, 7) is 2.50. The van der Waals surface area contributed by atoms with Crippen LogP contribution in [0.5, 0.6) is 5.75 Å². The number of methoxy groups -OCH3 is 1. The van der Waals surface area contributed by atoms with Crippen molar-refractivity contribution in [1.29, 1.82) is 0 Å². The van der Waals surface area contributed by atoms with E-state index < -0.39 is 6.36 Å². The number of nitrogens with one attached hydrogen (secondary N) is 1. The van der Waals surface area contributed by atoms with Crippen LogP contribution in [0.15, 0.2) is 34.6 Å². The summed E-state index contributed by atoms with van der Waals surface area (Å²) < 4.78 is 47.5. The summed E-state index contributed by atoms with van der Waals surface area (Å²) in [4.78, 5) is 10.8. The van der Waals surface area contributed by atoms with Crippen molar-refractivity contribution in [2.45, 2.75) is 44.3 Å². The Morgan fingerprint density at radius 1 is 1.39 bits per heavy atom. The normalized spacial score (nSPS) is 19.4. The first kappa shape index (κ1) is 25.7. The zero-order valence-electron chi connectivity index (χ0n) is 17.6. The molecule has 0 spiro atoms. The maximum Gasteiger partial charge on any atom is 0.573 e. The van der Waals surface area contributed by atoms with Crippen molar-refractivity contribution in [1.82, 2.24) is 15.2 Å². The van der Waals surface area contributed by atoms with E-state index >= 15 is 0 Å². The largest absolute Gasteiger partial charge is 0.573 e. The molecule has 172 valence electrons. The van der Waals surface area contributed by atoms with E-state index in [1.165, 1.54) is 12.1 Å². The Morgan fingerprint density at radius 3 is 2.74 bits per heavy atom. The molecule has 1 aromatic heterocycles. The highest BCUT2D eigenvalue weighted by atomic mass is 127. The number of guanidine groups is 1. The van der Waals surface area contributed by atoms with Crippen LogP contribution in [0.25, 0.3) is 0 Å². The molecule has 3 unspecified atom stereocenters. The van der Waals surface area contributed by atoms with Gasteiger partial charge < -0.3 is 19.7 Å². The number of aromatic nitrogens is 1. The molecule has 1 aliphatic rings. The van der Waals surface area contributed by atoms with Crippen LogP contribution in [0.1, 0.15) is 41.6 Å². The molecule has 31 heavy (non-hydrogen) atoms. The van der Waals surface area contributed by atoms with Gasteiger partial charge in [0.2, 0.25) is 0 Å². The summed E-state index contributed by atoms with van der Waals surface area (Å²) in [5.74, 6) is 0.443. The first-order chi connectivity index (χ1) is 14.2. The van der Waals surface area contributed by atoms with E-state index in [1.54, 1.807) is 37.6 Å². The van der Waals surface area contributed by atoms with Crippen LogP contribution < -0.4 is 10.1 Å². The number of thiazole rings is 1. The highest BCUT2D eigenvalue weighted by Crippen LogP contribution is 2.45. The van der Waals surface area contributed by atoms with Gasteiger partial charge in [-0.15, -0.1) is 48.5 Å². The second-order valence-electron chi connectivity index (χ2n) is 7.14. The number of rotatable bonds is 7. The monoisotopic (exact) mass is 570 g/mol. The SMILES string of the molecule is CN=C(NC1CC1c1ccccc1OC(F)(F)F)N(C)Cc1csc(C(C)OC)n1.I.